The number of hydrogen-bond acceptors (Lipinski definition) is 1. The first-order valence-electron chi connectivity index (χ1n) is 8.15. The minimum atomic E-state index is -4.41. The Kier molecular flexibility index (Phi) is 4.33. The maximum Gasteiger partial charge on any atom is 0.416 e. The molecule has 0 amide bonds. The molecule has 1 aliphatic rings. The summed E-state index contributed by atoms with van der Waals surface area (Å²) in [7, 11) is 0. The van der Waals surface area contributed by atoms with E-state index in [9.17, 15) is 13.2 Å². The second-order valence-electron chi connectivity index (χ2n) is 5.78. The maximum absolute atomic E-state index is 12.8. The Labute approximate surface area is 145 Å². The van der Waals surface area contributed by atoms with Crippen molar-refractivity contribution in [1.82, 2.24) is 4.90 Å². The molecule has 0 fully saturated rings. The van der Waals surface area contributed by atoms with Crippen molar-refractivity contribution in [3.8, 4) is 11.1 Å². The molecule has 0 N–H and O–H groups in total. The third kappa shape index (κ3) is 3.50. The topological polar surface area (TPSA) is 3.24 Å². The van der Waals surface area contributed by atoms with Crippen molar-refractivity contribution in [3.63, 3.8) is 0 Å². The standard InChI is InChI=1S/C19H17ClF3N/c1-2-8-24-9-7-13-3-4-14(10-15(13)12-24)17-6-5-16(11-18(17)20)19(21,22)23/h2-6,10-11H,1,7-9,12H2/i8D. The summed E-state index contributed by atoms with van der Waals surface area (Å²) >= 11 is 6.10. The smallest absolute Gasteiger partial charge is 0.295 e. The Morgan fingerprint density at radius 2 is 2.00 bits per heavy atom. The number of halogens is 4. The van der Waals surface area contributed by atoms with E-state index in [1.807, 2.05) is 23.1 Å². The van der Waals surface area contributed by atoms with Crippen LogP contribution in [0.25, 0.3) is 11.1 Å². The van der Waals surface area contributed by atoms with Crippen LogP contribution in [0.3, 0.4) is 0 Å². The Balaban J connectivity index is 1.94. The average Bonchev–Trinajstić information content (AvgIpc) is 2.59. The van der Waals surface area contributed by atoms with Gasteiger partial charge in [0.25, 0.3) is 0 Å². The van der Waals surface area contributed by atoms with Gasteiger partial charge in [-0.15, -0.1) is 6.58 Å². The first-order valence-corrected chi connectivity index (χ1v) is 7.95. The maximum atomic E-state index is 12.8. The summed E-state index contributed by atoms with van der Waals surface area (Å²) in [6, 6.07) is 9.23. The predicted octanol–water partition coefficient (Wildman–Crippen LogP) is 5.57. The Bertz CT molecular complexity index is 804. The number of nitrogens with zero attached hydrogens (tertiary/aromatic N) is 1. The molecular formula is C19H17ClF3N. The summed E-state index contributed by atoms with van der Waals surface area (Å²) in [5, 5.41) is 0.0758. The second-order valence-corrected chi connectivity index (χ2v) is 6.19. The van der Waals surface area contributed by atoms with Crippen LogP contribution in [0.1, 0.15) is 18.1 Å². The Hall–Kier alpha value is -1.78. The van der Waals surface area contributed by atoms with Crippen LogP contribution in [-0.2, 0) is 19.1 Å². The molecule has 1 unspecified atom stereocenters. The fourth-order valence-electron chi connectivity index (χ4n) is 2.95. The zero-order valence-electron chi connectivity index (χ0n) is 13.9. The SMILES string of the molecule is [2H]C(C=C)N1CCc2ccc(-c3ccc(C(F)(F)F)cc3Cl)cc2C1. The lowest BCUT2D eigenvalue weighted by Gasteiger charge is -2.28. The van der Waals surface area contributed by atoms with Crippen LogP contribution >= 0.6 is 11.6 Å². The first-order chi connectivity index (χ1) is 11.8. The summed E-state index contributed by atoms with van der Waals surface area (Å²) < 4.78 is 46.3. The van der Waals surface area contributed by atoms with Gasteiger partial charge in [0.05, 0.1) is 5.56 Å². The third-order valence-corrected chi connectivity index (χ3v) is 4.48. The fourth-order valence-corrected chi connectivity index (χ4v) is 3.24. The predicted molar refractivity (Wildman–Crippen MR) is 91.1 cm³/mol. The van der Waals surface area contributed by atoms with Gasteiger partial charge in [-0.05, 0) is 41.3 Å². The van der Waals surface area contributed by atoms with Crippen molar-refractivity contribution in [2.75, 3.05) is 13.1 Å². The van der Waals surface area contributed by atoms with Crippen molar-refractivity contribution in [2.24, 2.45) is 0 Å². The van der Waals surface area contributed by atoms with Crippen molar-refractivity contribution >= 4 is 11.6 Å². The molecule has 0 radical (unpaired) electrons. The molecule has 0 spiro atoms. The van der Waals surface area contributed by atoms with E-state index in [0.29, 0.717) is 12.1 Å². The third-order valence-electron chi connectivity index (χ3n) is 4.17. The summed E-state index contributed by atoms with van der Waals surface area (Å²) in [6.07, 6.45) is -1.99. The molecule has 126 valence electrons. The van der Waals surface area contributed by atoms with Gasteiger partial charge in [0.2, 0.25) is 0 Å². The molecule has 2 aromatic rings. The Morgan fingerprint density at radius 3 is 2.67 bits per heavy atom. The fraction of sp³-hybridized carbons (Fsp3) is 0.263. The zero-order valence-corrected chi connectivity index (χ0v) is 13.7. The van der Waals surface area contributed by atoms with E-state index in [1.165, 1.54) is 11.6 Å². The van der Waals surface area contributed by atoms with Crippen LogP contribution in [0.5, 0.6) is 0 Å². The zero-order chi connectivity index (χ0) is 18.2. The minimum Gasteiger partial charge on any atom is -0.295 e. The second kappa shape index (κ2) is 6.61. The number of rotatable bonds is 3. The van der Waals surface area contributed by atoms with Crippen molar-refractivity contribution < 1.29 is 14.5 Å². The van der Waals surface area contributed by atoms with Gasteiger partial charge in [-0.3, -0.25) is 4.90 Å². The van der Waals surface area contributed by atoms with Crippen LogP contribution in [0.15, 0.2) is 49.1 Å². The molecule has 1 nitrogen and oxygen atoms in total. The summed E-state index contributed by atoms with van der Waals surface area (Å²) in [6.45, 7) is 4.59. The summed E-state index contributed by atoms with van der Waals surface area (Å²) in [5.41, 5.74) is 2.85. The van der Waals surface area contributed by atoms with Gasteiger partial charge < -0.3 is 0 Å². The largest absolute Gasteiger partial charge is 0.416 e. The number of fused-ring (bicyclic) bond motifs is 1. The number of alkyl halides is 3. The van der Waals surface area contributed by atoms with Crippen molar-refractivity contribution in [2.45, 2.75) is 19.1 Å². The van der Waals surface area contributed by atoms with Gasteiger partial charge in [-0.1, -0.05) is 35.9 Å². The van der Waals surface area contributed by atoms with Crippen LogP contribution in [0.4, 0.5) is 13.2 Å². The highest BCUT2D eigenvalue weighted by Crippen LogP contribution is 2.36. The van der Waals surface area contributed by atoms with Crippen LogP contribution < -0.4 is 0 Å². The van der Waals surface area contributed by atoms with Crippen LogP contribution in [-0.4, -0.2) is 18.0 Å². The van der Waals surface area contributed by atoms with Crippen LogP contribution in [0, 0.1) is 0 Å². The van der Waals surface area contributed by atoms with E-state index in [-0.39, 0.29) is 5.02 Å². The molecule has 0 saturated heterocycles. The van der Waals surface area contributed by atoms with Gasteiger partial charge in [0.1, 0.15) is 0 Å². The van der Waals surface area contributed by atoms with E-state index in [2.05, 4.69) is 6.58 Å². The van der Waals surface area contributed by atoms with E-state index < -0.39 is 18.3 Å². The molecule has 5 heteroatoms. The van der Waals surface area contributed by atoms with Crippen molar-refractivity contribution in [3.05, 3.63) is 70.8 Å². The van der Waals surface area contributed by atoms with Crippen molar-refractivity contribution in [1.29, 1.82) is 0 Å². The lowest BCUT2D eigenvalue weighted by Crippen LogP contribution is -2.30. The molecular weight excluding hydrogens is 335 g/mol. The van der Waals surface area contributed by atoms with Gasteiger partial charge in [0, 0.05) is 31.6 Å². The number of hydrogen-bond donors (Lipinski definition) is 0. The minimum absolute atomic E-state index is 0.0758. The average molecular weight is 353 g/mol. The van der Waals surface area contributed by atoms with Crippen LogP contribution in [0.2, 0.25) is 5.02 Å². The quantitative estimate of drug-likeness (QED) is 0.653. The molecule has 0 saturated carbocycles. The molecule has 2 aromatic carbocycles. The van der Waals surface area contributed by atoms with Gasteiger partial charge in [0.15, 0.2) is 0 Å². The molecule has 1 atom stereocenters. The van der Waals surface area contributed by atoms with E-state index >= 15 is 0 Å². The van der Waals surface area contributed by atoms with Gasteiger partial charge >= 0.3 is 6.18 Å². The number of benzene rings is 2. The molecule has 0 aliphatic carbocycles. The van der Waals surface area contributed by atoms with Gasteiger partial charge in [-0.25, -0.2) is 0 Å². The molecule has 0 aromatic heterocycles. The summed E-state index contributed by atoms with van der Waals surface area (Å²) in [4.78, 5) is 1.99. The highest BCUT2D eigenvalue weighted by molar-refractivity contribution is 6.33. The van der Waals surface area contributed by atoms with E-state index in [0.717, 1.165) is 36.2 Å². The molecule has 0 bridgehead atoms. The molecule has 3 rings (SSSR count). The molecule has 24 heavy (non-hydrogen) atoms. The summed E-state index contributed by atoms with van der Waals surface area (Å²) in [5.74, 6) is 0. The highest BCUT2D eigenvalue weighted by atomic mass is 35.5. The van der Waals surface area contributed by atoms with Gasteiger partial charge in [-0.2, -0.15) is 13.2 Å². The first kappa shape index (κ1) is 15.7. The molecule has 1 heterocycles. The Morgan fingerprint density at radius 1 is 1.21 bits per heavy atom. The monoisotopic (exact) mass is 352 g/mol. The highest BCUT2D eigenvalue weighted by Gasteiger charge is 2.31. The van der Waals surface area contributed by atoms with E-state index in [4.69, 9.17) is 13.0 Å². The normalized spacial score (nSPS) is 17.1. The molecule has 1 aliphatic heterocycles. The van der Waals surface area contributed by atoms with E-state index in [1.54, 1.807) is 6.08 Å². The lowest BCUT2D eigenvalue weighted by molar-refractivity contribution is -0.137. The lowest BCUT2D eigenvalue weighted by atomic mass is 9.94.